The lowest BCUT2D eigenvalue weighted by molar-refractivity contribution is -0.169. The van der Waals surface area contributed by atoms with Gasteiger partial charge in [0.2, 0.25) is 0 Å². The summed E-state index contributed by atoms with van der Waals surface area (Å²) in [4.78, 5) is 2.41. The zero-order valence-electron chi connectivity index (χ0n) is 19.5. The predicted octanol–water partition coefficient (Wildman–Crippen LogP) is 6.00. The van der Waals surface area contributed by atoms with Crippen LogP contribution in [0.4, 0.5) is 0 Å². The van der Waals surface area contributed by atoms with Crippen LogP contribution in [0, 0.1) is 17.8 Å². The molecule has 0 aromatic heterocycles. The molecule has 2 heterocycles. The number of hydrogen-bond donors (Lipinski definition) is 0. The molecule has 3 atom stereocenters. The maximum atomic E-state index is 6.73. The van der Waals surface area contributed by atoms with Gasteiger partial charge < -0.3 is 9.47 Å². The molecule has 164 valence electrons. The van der Waals surface area contributed by atoms with Crippen LogP contribution < -0.4 is 4.74 Å². The van der Waals surface area contributed by atoms with Crippen molar-refractivity contribution >= 4 is 0 Å². The smallest absolute Gasteiger partial charge is 0.126 e. The molecule has 0 saturated carbocycles. The Balaban J connectivity index is 1.50. The highest BCUT2D eigenvalue weighted by atomic mass is 16.5. The summed E-state index contributed by atoms with van der Waals surface area (Å²) in [6.07, 6.45) is 2.00. The molecule has 31 heavy (non-hydrogen) atoms. The first-order chi connectivity index (χ1) is 14.8. The third-order valence-electron chi connectivity index (χ3n) is 6.77. The second-order valence-electron chi connectivity index (χ2n) is 9.94. The minimum absolute atomic E-state index is 0.0264. The molecule has 0 spiro atoms. The number of hydrogen-bond acceptors (Lipinski definition) is 3. The van der Waals surface area contributed by atoms with Gasteiger partial charge in [0.25, 0.3) is 0 Å². The summed E-state index contributed by atoms with van der Waals surface area (Å²) in [6.45, 7) is 12.6. The molecule has 0 amide bonds. The molecule has 1 saturated heterocycles. The van der Waals surface area contributed by atoms with Gasteiger partial charge in [-0.25, -0.2) is 0 Å². The molecule has 3 heteroatoms. The Labute approximate surface area is 187 Å². The van der Waals surface area contributed by atoms with E-state index in [1.165, 1.54) is 5.56 Å². The summed E-state index contributed by atoms with van der Waals surface area (Å²) in [6, 6.07) is 19.3. The van der Waals surface area contributed by atoms with Crippen molar-refractivity contribution in [2.75, 3.05) is 6.54 Å². The van der Waals surface area contributed by atoms with Crippen molar-refractivity contribution in [3.8, 4) is 17.6 Å². The average molecular weight is 418 g/mol. The van der Waals surface area contributed by atoms with Crippen LogP contribution in [0.1, 0.15) is 64.7 Å². The first kappa shape index (κ1) is 21.9. The number of ether oxygens (including phenoxy) is 2. The van der Waals surface area contributed by atoms with Gasteiger partial charge in [0.05, 0.1) is 12.6 Å². The Morgan fingerprint density at radius 2 is 1.74 bits per heavy atom. The Morgan fingerprint density at radius 1 is 1.03 bits per heavy atom. The van der Waals surface area contributed by atoms with E-state index in [1.54, 1.807) is 0 Å². The molecule has 0 unspecified atom stereocenters. The molecule has 2 aromatic rings. The van der Waals surface area contributed by atoms with E-state index in [0.29, 0.717) is 12.0 Å². The highest BCUT2D eigenvalue weighted by molar-refractivity contribution is 5.39. The monoisotopic (exact) mass is 417 g/mol. The maximum Gasteiger partial charge on any atom is 0.126 e. The van der Waals surface area contributed by atoms with Gasteiger partial charge in [-0.1, -0.05) is 60.4 Å². The molecule has 1 fully saturated rings. The van der Waals surface area contributed by atoms with Gasteiger partial charge in [0.15, 0.2) is 0 Å². The highest BCUT2D eigenvalue weighted by Crippen LogP contribution is 2.52. The Hall–Kier alpha value is -2.28. The van der Waals surface area contributed by atoms with Gasteiger partial charge in [-0.05, 0) is 59.1 Å². The first-order valence-corrected chi connectivity index (χ1v) is 11.5. The van der Waals surface area contributed by atoms with E-state index in [-0.39, 0.29) is 11.7 Å². The van der Waals surface area contributed by atoms with Crippen LogP contribution in [0.2, 0.25) is 0 Å². The molecule has 0 radical (unpaired) electrons. The third kappa shape index (κ3) is 4.81. The zero-order valence-corrected chi connectivity index (χ0v) is 19.5. The van der Waals surface area contributed by atoms with Crippen LogP contribution in [0.25, 0.3) is 0 Å². The molecular formula is C28H35NO2. The second kappa shape index (κ2) is 8.69. The van der Waals surface area contributed by atoms with Crippen molar-refractivity contribution in [1.82, 2.24) is 4.90 Å². The lowest BCUT2D eigenvalue weighted by atomic mass is 9.73. The van der Waals surface area contributed by atoms with Gasteiger partial charge in [-0.3, -0.25) is 4.90 Å². The van der Waals surface area contributed by atoms with Gasteiger partial charge in [-0.2, -0.15) is 0 Å². The summed E-state index contributed by atoms with van der Waals surface area (Å²) in [7, 11) is 0. The Bertz CT molecular complexity index is 956. The molecular weight excluding hydrogens is 382 g/mol. The molecule has 3 nitrogen and oxygen atoms in total. The minimum Gasteiger partial charge on any atom is -0.487 e. The number of fused-ring (bicyclic) bond motifs is 3. The van der Waals surface area contributed by atoms with Crippen molar-refractivity contribution in [2.24, 2.45) is 5.92 Å². The Kier molecular flexibility index (Phi) is 6.15. The maximum absolute atomic E-state index is 6.73. The van der Waals surface area contributed by atoms with Crippen molar-refractivity contribution in [1.29, 1.82) is 0 Å². The summed E-state index contributed by atoms with van der Waals surface area (Å²) >= 11 is 0. The molecule has 0 N–H and O–H groups in total. The van der Waals surface area contributed by atoms with Crippen LogP contribution >= 0.6 is 0 Å². The van der Waals surface area contributed by atoms with E-state index in [2.05, 4.69) is 99.9 Å². The van der Waals surface area contributed by atoms with E-state index < -0.39 is 5.60 Å². The van der Waals surface area contributed by atoms with Crippen LogP contribution in [0.3, 0.4) is 0 Å². The largest absolute Gasteiger partial charge is 0.487 e. The van der Waals surface area contributed by atoms with E-state index >= 15 is 0 Å². The molecule has 4 rings (SSSR count). The number of nitrogens with zero attached hydrogens (tertiary/aromatic N) is 1. The normalized spacial score (nSPS) is 26.4. The summed E-state index contributed by atoms with van der Waals surface area (Å²) in [5, 5.41) is 0. The van der Waals surface area contributed by atoms with Gasteiger partial charge in [-0.15, -0.1) is 0 Å². The van der Waals surface area contributed by atoms with Gasteiger partial charge in [0, 0.05) is 24.1 Å². The standard InChI is InChI=1S/C28H35NO2/c1-21(2)29(20-22-12-7-6-8-13-22)19-11-17-28(5)18-16-24-26(31-28)23-14-9-10-15-25(23)30-27(24,3)4/h6-10,12-15,21,24,26H,16,18-20H2,1-5H3/t24-,26-,28+/m0/s1. The summed E-state index contributed by atoms with van der Waals surface area (Å²) < 4.78 is 13.1. The molecule has 0 aliphatic carbocycles. The summed E-state index contributed by atoms with van der Waals surface area (Å²) in [5.74, 6) is 8.24. The molecule has 2 aliphatic heterocycles. The second-order valence-corrected chi connectivity index (χ2v) is 9.94. The number of benzene rings is 2. The minimum atomic E-state index is -0.433. The molecule has 2 aromatic carbocycles. The van der Waals surface area contributed by atoms with Gasteiger partial charge in [0.1, 0.15) is 17.0 Å². The quantitative estimate of drug-likeness (QED) is 0.570. The Morgan fingerprint density at radius 3 is 2.48 bits per heavy atom. The van der Waals surface area contributed by atoms with E-state index in [1.807, 2.05) is 6.07 Å². The fourth-order valence-corrected chi connectivity index (χ4v) is 4.82. The lowest BCUT2D eigenvalue weighted by Crippen LogP contribution is -2.50. The van der Waals surface area contributed by atoms with E-state index in [9.17, 15) is 0 Å². The SMILES string of the molecule is CC(C)N(CC#C[C@]1(C)CC[C@H]2[C@@H](O1)c1ccccc1OC2(C)C)Cc1ccccc1. The number of rotatable bonds is 4. The van der Waals surface area contributed by atoms with Crippen LogP contribution in [-0.2, 0) is 11.3 Å². The number of para-hydroxylation sites is 1. The van der Waals surface area contributed by atoms with Crippen molar-refractivity contribution in [3.05, 3.63) is 65.7 Å². The van der Waals surface area contributed by atoms with Crippen molar-refractivity contribution in [3.63, 3.8) is 0 Å². The molecule has 0 bridgehead atoms. The molecule has 2 aliphatic rings. The van der Waals surface area contributed by atoms with Crippen LogP contribution in [0.5, 0.6) is 5.75 Å². The predicted molar refractivity (Wildman–Crippen MR) is 126 cm³/mol. The van der Waals surface area contributed by atoms with E-state index in [4.69, 9.17) is 9.47 Å². The topological polar surface area (TPSA) is 21.7 Å². The van der Waals surface area contributed by atoms with Crippen molar-refractivity contribution < 1.29 is 9.47 Å². The van der Waals surface area contributed by atoms with E-state index in [0.717, 1.165) is 37.2 Å². The van der Waals surface area contributed by atoms with Crippen molar-refractivity contribution in [2.45, 2.75) is 77.4 Å². The lowest BCUT2D eigenvalue weighted by Gasteiger charge is -2.50. The third-order valence-corrected chi connectivity index (χ3v) is 6.77. The highest BCUT2D eigenvalue weighted by Gasteiger charge is 2.49. The van der Waals surface area contributed by atoms with Crippen LogP contribution in [0.15, 0.2) is 54.6 Å². The summed E-state index contributed by atoms with van der Waals surface area (Å²) in [5.41, 5.74) is 1.81. The van der Waals surface area contributed by atoms with Gasteiger partial charge >= 0.3 is 0 Å². The zero-order chi connectivity index (χ0) is 22.1. The van der Waals surface area contributed by atoms with Crippen LogP contribution in [-0.4, -0.2) is 28.7 Å². The first-order valence-electron chi connectivity index (χ1n) is 11.5. The fraction of sp³-hybridized carbons (Fsp3) is 0.500. The average Bonchev–Trinajstić information content (AvgIpc) is 2.73. The fourth-order valence-electron chi connectivity index (χ4n) is 4.82.